The van der Waals surface area contributed by atoms with Crippen molar-refractivity contribution in [2.75, 3.05) is 0 Å². The van der Waals surface area contributed by atoms with E-state index in [-0.39, 0.29) is 6.04 Å². The van der Waals surface area contributed by atoms with Crippen LogP contribution in [-0.2, 0) is 11.3 Å². The molecule has 1 aromatic rings. The molecule has 1 rings (SSSR count). The highest BCUT2D eigenvalue weighted by Crippen LogP contribution is 2.09. The predicted molar refractivity (Wildman–Crippen MR) is 59.0 cm³/mol. The molecule has 0 saturated carbocycles. The maximum absolute atomic E-state index is 13.2. The number of nitrogens with two attached hydrogens (primary N) is 1. The van der Waals surface area contributed by atoms with E-state index in [2.05, 4.69) is 0 Å². The van der Waals surface area contributed by atoms with E-state index in [1.165, 1.54) is 0 Å². The van der Waals surface area contributed by atoms with Crippen LogP contribution in [0.5, 0.6) is 0 Å². The summed E-state index contributed by atoms with van der Waals surface area (Å²) in [7, 11) is 0. The highest BCUT2D eigenvalue weighted by molar-refractivity contribution is 5.13. The van der Waals surface area contributed by atoms with Crippen molar-refractivity contribution in [3.63, 3.8) is 0 Å². The average molecular weight is 211 g/mol. The minimum absolute atomic E-state index is 0.0311. The summed E-state index contributed by atoms with van der Waals surface area (Å²) < 4.78 is 18.2. The molecule has 3 heteroatoms. The second-order valence-corrected chi connectivity index (χ2v) is 3.76. The quantitative estimate of drug-likeness (QED) is 0.785. The molecule has 1 aromatic carbocycles. The molecule has 0 radical (unpaired) electrons. The number of hydrogen-bond donors (Lipinski definition) is 1. The molecule has 0 heterocycles. The van der Waals surface area contributed by atoms with E-state index in [0.717, 1.165) is 5.56 Å². The van der Waals surface area contributed by atoms with Gasteiger partial charge in [0.05, 0.1) is 6.61 Å². The van der Waals surface area contributed by atoms with E-state index < -0.39 is 6.36 Å². The monoisotopic (exact) mass is 211 g/mol. The first-order valence-corrected chi connectivity index (χ1v) is 5.23. The molecule has 0 aliphatic heterocycles. The highest BCUT2D eigenvalue weighted by atomic mass is 19.1. The Kier molecular flexibility index (Phi) is 5.29. The predicted octanol–water partition coefficient (Wildman–Crippen LogP) is 2.63. The normalized spacial score (nSPS) is 14.9. The second-order valence-electron chi connectivity index (χ2n) is 3.76. The van der Waals surface area contributed by atoms with E-state index in [4.69, 9.17) is 10.5 Å². The number of halogens is 1. The first kappa shape index (κ1) is 12.1. The maximum atomic E-state index is 13.2. The molecular formula is C12H18FNO. The summed E-state index contributed by atoms with van der Waals surface area (Å²) in [6.45, 7) is 2.19. The Labute approximate surface area is 90.2 Å². The van der Waals surface area contributed by atoms with Crippen LogP contribution in [0.1, 0.15) is 25.3 Å². The smallest absolute Gasteiger partial charge is 0.199 e. The fourth-order valence-electron chi connectivity index (χ4n) is 1.24. The van der Waals surface area contributed by atoms with Crippen LogP contribution in [0.3, 0.4) is 0 Å². The molecular weight excluding hydrogens is 193 g/mol. The van der Waals surface area contributed by atoms with E-state index in [9.17, 15) is 4.39 Å². The van der Waals surface area contributed by atoms with Crippen molar-refractivity contribution in [1.29, 1.82) is 0 Å². The largest absolute Gasteiger partial charge is 0.343 e. The zero-order valence-corrected chi connectivity index (χ0v) is 9.03. The van der Waals surface area contributed by atoms with Gasteiger partial charge in [-0.2, -0.15) is 0 Å². The van der Waals surface area contributed by atoms with Gasteiger partial charge in [-0.1, -0.05) is 30.3 Å². The van der Waals surface area contributed by atoms with Crippen molar-refractivity contribution in [2.24, 2.45) is 5.73 Å². The van der Waals surface area contributed by atoms with Crippen molar-refractivity contribution < 1.29 is 9.13 Å². The second kappa shape index (κ2) is 6.53. The minimum Gasteiger partial charge on any atom is -0.343 e. The van der Waals surface area contributed by atoms with Crippen molar-refractivity contribution in [1.82, 2.24) is 0 Å². The summed E-state index contributed by atoms with van der Waals surface area (Å²) in [5.41, 5.74) is 6.51. The molecule has 2 nitrogen and oxygen atoms in total. The van der Waals surface area contributed by atoms with Gasteiger partial charge in [-0.15, -0.1) is 0 Å². The molecule has 0 amide bonds. The topological polar surface area (TPSA) is 35.2 Å². The average Bonchev–Trinajstić information content (AvgIpc) is 2.25. The third-order valence-electron chi connectivity index (χ3n) is 2.12. The molecule has 0 fully saturated rings. The lowest BCUT2D eigenvalue weighted by atomic mass is 10.2. The Hall–Kier alpha value is -0.930. The first-order valence-electron chi connectivity index (χ1n) is 5.23. The van der Waals surface area contributed by atoms with Gasteiger partial charge in [-0.05, 0) is 18.9 Å². The van der Waals surface area contributed by atoms with Gasteiger partial charge in [0, 0.05) is 12.5 Å². The van der Waals surface area contributed by atoms with Crippen molar-refractivity contribution in [2.45, 2.75) is 38.8 Å². The molecule has 84 valence electrons. The van der Waals surface area contributed by atoms with Crippen LogP contribution in [0.4, 0.5) is 4.39 Å². The Morgan fingerprint density at radius 1 is 1.27 bits per heavy atom. The lowest BCUT2D eigenvalue weighted by Crippen LogP contribution is -2.17. The van der Waals surface area contributed by atoms with Gasteiger partial charge in [0.1, 0.15) is 0 Å². The van der Waals surface area contributed by atoms with Crippen molar-refractivity contribution in [3.05, 3.63) is 35.9 Å². The molecule has 0 bridgehead atoms. The third-order valence-corrected chi connectivity index (χ3v) is 2.12. The summed E-state index contributed by atoms with van der Waals surface area (Å²) in [6, 6.07) is 9.61. The van der Waals surface area contributed by atoms with Crippen molar-refractivity contribution >= 4 is 0 Å². The molecule has 0 aromatic heterocycles. The van der Waals surface area contributed by atoms with E-state index in [0.29, 0.717) is 19.4 Å². The SMILES string of the molecule is CC(N)CCC(F)OCc1ccccc1. The zero-order valence-electron chi connectivity index (χ0n) is 9.03. The van der Waals surface area contributed by atoms with E-state index in [1.807, 2.05) is 37.3 Å². The number of ether oxygens (including phenoxy) is 1. The van der Waals surface area contributed by atoms with Crippen LogP contribution in [0.15, 0.2) is 30.3 Å². The zero-order chi connectivity index (χ0) is 11.1. The molecule has 2 atom stereocenters. The van der Waals surface area contributed by atoms with Crippen LogP contribution in [-0.4, -0.2) is 12.4 Å². The van der Waals surface area contributed by atoms with Gasteiger partial charge in [0.25, 0.3) is 0 Å². The van der Waals surface area contributed by atoms with Crippen molar-refractivity contribution in [3.8, 4) is 0 Å². The van der Waals surface area contributed by atoms with Crippen LogP contribution in [0.25, 0.3) is 0 Å². The van der Waals surface area contributed by atoms with Gasteiger partial charge >= 0.3 is 0 Å². The first-order chi connectivity index (χ1) is 7.18. The van der Waals surface area contributed by atoms with E-state index in [1.54, 1.807) is 0 Å². The van der Waals surface area contributed by atoms with Crippen LogP contribution in [0, 0.1) is 0 Å². The third kappa shape index (κ3) is 5.50. The number of rotatable bonds is 6. The van der Waals surface area contributed by atoms with Crippen LogP contribution >= 0.6 is 0 Å². The Balaban J connectivity index is 2.19. The Morgan fingerprint density at radius 3 is 2.53 bits per heavy atom. The molecule has 0 spiro atoms. The fourth-order valence-corrected chi connectivity index (χ4v) is 1.24. The summed E-state index contributed by atoms with van der Waals surface area (Å²) in [4.78, 5) is 0. The standard InChI is InChI=1S/C12H18FNO/c1-10(14)7-8-12(13)15-9-11-5-3-2-4-6-11/h2-6,10,12H,7-9,14H2,1H3. The molecule has 0 saturated heterocycles. The van der Waals surface area contributed by atoms with Crippen LogP contribution < -0.4 is 5.73 Å². The lowest BCUT2D eigenvalue weighted by molar-refractivity contribution is -0.0551. The van der Waals surface area contributed by atoms with Gasteiger partial charge in [-0.3, -0.25) is 0 Å². The molecule has 2 N–H and O–H groups in total. The highest BCUT2D eigenvalue weighted by Gasteiger charge is 2.07. The molecule has 0 aliphatic rings. The summed E-state index contributed by atoms with van der Waals surface area (Å²) in [5.74, 6) is 0. The van der Waals surface area contributed by atoms with Gasteiger partial charge < -0.3 is 10.5 Å². The summed E-state index contributed by atoms with van der Waals surface area (Å²) in [5, 5.41) is 0. The summed E-state index contributed by atoms with van der Waals surface area (Å²) >= 11 is 0. The Morgan fingerprint density at radius 2 is 1.93 bits per heavy atom. The number of alkyl halides is 1. The van der Waals surface area contributed by atoms with Gasteiger partial charge in [-0.25, -0.2) is 4.39 Å². The number of benzene rings is 1. The number of hydrogen-bond acceptors (Lipinski definition) is 2. The van der Waals surface area contributed by atoms with Gasteiger partial charge in [0.15, 0.2) is 6.36 Å². The van der Waals surface area contributed by atoms with E-state index >= 15 is 0 Å². The van der Waals surface area contributed by atoms with Gasteiger partial charge in [0.2, 0.25) is 0 Å². The van der Waals surface area contributed by atoms with Crippen LogP contribution in [0.2, 0.25) is 0 Å². The lowest BCUT2D eigenvalue weighted by Gasteiger charge is -2.11. The molecule has 2 unspecified atom stereocenters. The molecule has 15 heavy (non-hydrogen) atoms. The minimum atomic E-state index is -1.21. The fraction of sp³-hybridized carbons (Fsp3) is 0.500. The Bertz CT molecular complexity index is 264. The maximum Gasteiger partial charge on any atom is 0.199 e. The summed E-state index contributed by atoms with van der Waals surface area (Å²) in [6.07, 6.45) is -0.198. The molecule has 0 aliphatic carbocycles.